The number of hydrogen-bond acceptors (Lipinski definition) is 3. The van der Waals surface area contributed by atoms with E-state index >= 15 is 0 Å². The number of amides is 1. The van der Waals surface area contributed by atoms with Gasteiger partial charge in [-0.2, -0.15) is 11.8 Å². The minimum absolute atomic E-state index is 0.253. The highest BCUT2D eigenvalue weighted by atomic mass is 35.5. The van der Waals surface area contributed by atoms with Gasteiger partial charge in [-0.3, -0.25) is 4.79 Å². The molecule has 0 spiro atoms. The lowest BCUT2D eigenvalue weighted by molar-refractivity contribution is -0.142. The topological polar surface area (TPSA) is 66.4 Å². The molecule has 19 heavy (non-hydrogen) atoms. The van der Waals surface area contributed by atoms with E-state index in [9.17, 15) is 9.59 Å². The molecule has 1 rings (SSSR count). The van der Waals surface area contributed by atoms with Crippen molar-refractivity contribution in [3.8, 4) is 0 Å². The largest absolute Gasteiger partial charge is 0.479 e. The van der Waals surface area contributed by atoms with Gasteiger partial charge in [0, 0.05) is 11.4 Å². The van der Waals surface area contributed by atoms with E-state index in [4.69, 9.17) is 16.7 Å². The zero-order chi connectivity index (χ0) is 14.3. The number of carbonyl (C=O) groups excluding carboxylic acids is 1. The van der Waals surface area contributed by atoms with E-state index in [1.54, 1.807) is 36.0 Å². The zero-order valence-electron chi connectivity index (χ0n) is 10.6. The summed E-state index contributed by atoms with van der Waals surface area (Å²) in [6.07, 6.45) is 3.03. The molecule has 0 bridgehead atoms. The first kappa shape index (κ1) is 15.9. The smallest absolute Gasteiger partial charge is 0.330 e. The highest BCUT2D eigenvalue weighted by Gasteiger charge is 2.21. The molecule has 0 fully saturated rings. The molecule has 6 heteroatoms. The quantitative estimate of drug-likeness (QED) is 0.760. The van der Waals surface area contributed by atoms with Gasteiger partial charge in [-0.25, -0.2) is 4.79 Å². The first-order valence-electron chi connectivity index (χ1n) is 5.81. The molecule has 1 aromatic carbocycles. The van der Waals surface area contributed by atoms with Crippen LogP contribution in [0, 0.1) is 0 Å². The summed E-state index contributed by atoms with van der Waals surface area (Å²) in [5.41, 5.74) is 0.509. The van der Waals surface area contributed by atoms with E-state index in [1.165, 1.54) is 0 Å². The van der Waals surface area contributed by atoms with Crippen LogP contribution in [-0.2, 0) is 9.59 Å². The van der Waals surface area contributed by atoms with Crippen LogP contribution in [0.2, 0.25) is 5.02 Å². The predicted octanol–water partition coefficient (Wildman–Crippen LogP) is 2.73. The maximum absolute atomic E-state index is 11.7. The molecular formula is C13H16ClNO3S. The third kappa shape index (κ3) is 5.53. The van der Waals surface area contributed by atoms with Crippen LogP contribution in [0.1, 0.15) is 24.4 Å². The van der Waals surface area contributed by atoms with E-state index < -0.39 is 12.0 Å². The lowest BCUT2D eigenvalue weighted by atomic mass is 10.1. The summed E-state index contributed by atoms with van der Waals surface area (Å²) >= 11 is 7.40. The lowest BCUT2D eigenvalue weighted by Gasteiger charge is -2.15. The Labute approximate surface area is 121 Å². The molecule has 1 amide bonds. The molecule has 0 aliphatic rings. The molecule has 0 aliphatic heterocycles. The maximum Gasteiger partial charge on any atom is 0.330 e. The highest BCUT2D eigenvalue weighted by molar-refractivity contribution is 7.98. The molecular weight excluding hydrogens is 286 g/mol. The third-order valence-electron chi connectivity index (χ3n) is 2.51. The van der Waals surface area contributed by atoms with Crippen molar-refractivity contribution in [1.29, 1.82) is 0 Å². The summed E-state index contributed by atoms with van der Waals surface area (Å²) < 4.78 is 0. The second-order valence-corrected chi connectivity index (χ2v) is 5.41. The molecule has 0 saturated carbocycles. The Hall–Kier alpha value is -1.20. The van der Waals surface area contributed by atoms with Crippen molar-refractivity contribution in [1.82, 2.24) is 5.32 Å². The first-order chi connectivity index (χ1) is 9.04. The summed E-state index contributed by atoms with van der Waals surface area (Å²) in [4.78, 5) is 22.9. The van der Waals surface area contributed by atoms with E-state index in [1.807, 2.05) is 6.26 Å². The van der Waals surface area contributed by atoms with E-state index in [2.05, 4.69) is 5.32 Å². The number of carbonyl (C=O) groups is 2. The number of nitrogens with one attached hydrogen (secondary N) is 1. The number of thioether (sulfide) groups is 1. The number of carboxylic acids is 1. The third-order valence-corrected chi connectivity index (χ3v) is 3.46. The van der Waals surface area contributed by atoms with E-state index in [0.29, 0.717) is 17.0 Å². The number of aliphatic carboxylic acids is 1. The van der Waals surface area contributed by atoms with Crippen molar-refractivity contribution in [2.75, 3.05) is 12.0 Å². The van der Waals surface area contributed by atoms with Gasteiger partial charge >= 0.3 is 5.97 Å². The molecule has 4 nitrogen and oxygen atoms in total. The van der Waals surface area contributed by atoms with Gasteiger partial charge in [-0.1, -0.05) is 23.7 Å². The van der Waals surface area contributed by atoms with Crippen LogP contribution in [0.25, 0.3) is 0 Å². The normalized spacial score (nSPS) is 11.9. The molecule has 0 radical (unpaired) electrons. The molecule has 1 unspecified atom stereocenters. The summed E-state index contributed by atoms with van der Waals surface area (Å²) in [7, 11) is 0. The summed E-state index contributed by atoms with van der Waals surface area (Å²) in [5.74, 6) is -0.455. The minimum Gasteiger partial charge on any atom is -0.479 e. The molecule has 0 heterocycles. The van der Waals surface area contributed by atoms with Crippen molar-refractivity contribution in [2.24, 2.45) is 0 Å². The van der Waals surface area contributed by atoms with Crippen molar-refractivity contribution in [2.45, 2.75) is 18.9 Å². The number of hydrogen-bond donors (Lipinski definition) is 2. The number of carboxylic acid groups (broad SMARTS) is 1. The van der Waals surface area contributed by atoms with Crippen molar-refractivity contribution in [3.05, 3.63) is 34.9 Å². The van der Waals surface area contributed by atoms with Gasteiger partial charge in [0.25, 0.3) is 0 Å². The van der Waals surface area contributed by atoms with Crippen LogP contribution in [-0.4, -0.2) is 29.0 Å². The fourth-order valence-electron chi connectivity index (χ4n) is 1.55. The fraction of sp³-hybridized carbons (Fsp3) is 0.385. The Morgan fingerprint density at radius 3 is 2.53 bits per heavy atom. The van der Waals surface area contributed by atoms with Crippen LogP contribution in [0.3, 0.4) is 0 Å². The molecule has 0 saturated heterocycles. The lowest BCUT2D eigenvalue weighted by Crippen LogP contribution is -2.33. The molecule has 1 aromatic rings. The Bertz CT molecular complexity index is 436. The molecule has 0 aliphatic carbocycles. The SMILES string of the molecule is CSCCCC(=O)NC(C(=O)O)c1ccc(Cl)cc1. The summed E-state index contributed by atoms with van der Waals surface area (Å²) in [5, 5.41) is 12.2. The van der Waals surface area contributed by atoms with Gasteiger partial charge in [0.15, 0.2) is 6.04 Å². The molecule has 2 N–H and O–H groups in total. The first-order valence-corrected chi connectivity index (χ1v) is 7.58. The highest BCUT2D eigenvalue weighted by Crippen LogP contribution is 2.17. The van der Waals surface area contributed by atoms with E-state index in [-0.39, 0.29) is 5.91 Å². The van der Waals surface area contributed by atoms with Gasteiger partial charge in [0.2, 0.25) is 5.91 Å². The van der Waals surface area contributed by atoms with Crippen LogP contribution >= 0.6 is 23.4 Å². The average molecular weight is 302 g/mol. The van der Waals surface area contributed by atoms with Gasteiger partial charge in [0.05, 0.1) is 0 Å². The number of rotatable bonds is 7. The Morgan fingerprint density at radius 1 is 1.37 bits per heavy atom. The number of benzene rings is 1. The predicted molar refractivity (Wildman–Crippen MR) is 77.6 cm³/mol. The molecule has 1 atom stereocenters. The van der Waals surface area contributed by atoms with Crippen LogP contribution < -0.4 is 5.32 Å². The van der Waals surface area contributed by atoms with Gasteiger partial charge in [-0.05, 0) is 36.1 Å². The Balaban J connectivity index is 2.65. The Morgan fingerprint density at radius 2 is 2.00 bits per heavy atom. The van der Waals surface area contributed by atoms with E-state index in [0.717, 1.165) is 12.2 Å². The second-order valence-electron chi connectivity index (χ2n) is 3.99. The molecule has 0 aromatic heterocycles. The second kappa shape index (κ2) is 8.07. The maximum atomic E-state index is 11.7. The Kier molecular flexibility index (Phi) is 6.73. The van der Waals surface area contributed by atoms with Crippen LogP contribution in [0.4, 0.5) is 0 Å². The summed E-state index contributed by atoms with van der Waals surface area (Å²) in [6, 6.07) is 5.38. The standard InChI is InChI=1S/C13H16ClNO3S/c1-19-8-2-3-11(16)15-12(13(17)18)9-4-6-10(14)7-5-9/h4-7,12H,2-3,8H2,1H3,(H,15,16)(H,17,18). The van der Waals surface area contributed by atoms with Crippen molar-refractivity contribution in [3.63, 3.8) is 0 Å². The van der Waals surface area contributed by atoms with Crippen LogP contribution in [0.15, 0.2) is 24.3 Å². The zero-order valence-corrected chi connectivity index (χ0v) is 12.1. The minimum atomic E-state index is -1.08. The number of halogens is 1. The van der Waals surface area contributed by atoms with Crippen molar-refractivity contribution >= 4 is 35.2 Å². The fourth-order valence-corrected chi connectivity index (χ4v) is 2.11. The van der Waals surface area contributed by atoms with Gasteiger partial charge in [-0.15, -0.1) is 0 Å². The average Bonchev–Trinajstić information content (AvgIpc) is 2.37. The monoisotopic (exact) mass is 301 g/mol. The van der Waals surface area contributed by atoms with Crippen molar-refractivity contribution < 1.29 is 14.7 Å². The van der Waals surface area contributed by atoms with Gasteiger partial charge < -0.3 is 10.4 Å². The molecule has 104 valence electrons. The van der Waals surface area contributed by atoms with Gasteiger partial charge in [0.1, 0.15) is 0 Å². The van der Waals surface area contributed by atoms with Crippen LogP contribution in [0.5, 0.6) is 0 Å². The summed E-state index contributed by atoms with van der Waals surface area (Å²) in [6.45, 7) is 0.